The topological polar surface area (TPSA) is 20.2 Å². The maximum absolute atomic E-state index is 13.7. The second-order valence-corrected chi connectivity index (χ2v) is 5.82. The van der Waals surface area contributed by atoms with E-state index in [9.17, 15) is 9.50 Å². The molecule has 0 fully saturated rings. The van der Waals surface area contributed by atoms with Crippen molar-refractivity contribution in [3.8, 4) is 0 Å². The normalized spacial score (nSPS) is 14.3. The maximum atomic E-state index is 13.7. The molecular formula is C18H21FO. The van der Waals surface area contributed by atoms with Crippen LogP contribution in [0.5, 0.6) is 0 Å². The fourth-order valence-corrected chi connectivity index (χ4v) is 2.34. The summed E-state index contributed by atoms with van der Waals surface area (Å²) < 4.78 is 13.7. The minimum Gasteiger partial charge on any atom is -0.385 e. The average molecular weight is 272 g/mol. The van der Waals surface area contributed by atoms with E-state index in [1.165, 1.54) is 11.6 Å². The Kier molecular flexibility index (Phi) is 4.24. The molecule has 2 aromatic carbocycles. The van der Waals surface area contributed by atoms with Crippen LogP contribution in [0, 0.1) is 5.82 Å². The lowest BCUT2D eigenvalue weighted by molar-refractivity contribution is 0.0567. The highest BCUT2D eigenvalue weighted by Crippen LogP contribution is 2.27. The zero-order valence-electron chi connectivity index (χ0n) is 12.2. The summed E-state index contributed by atoms with van der Waals surface area (Å²) >= 11 is 0. The average Bonchev–Trinajstić information content (AvgIpc) is 2.41. The van der Waals surface area contributed by atoms with E-state index in [2.05, 4.69) is 13.8 Å². The first-order chi connectivity index (χ1) is 9.40. The first-order valence-corrected chi connectivity index (χ1v) is 6.96. The van der Waals surface area contributed by atoms with Crippen LogP contribution in [0.2, 0.25) is 0 Å². The van der Waals surface area contributed by atoms with Gasteiger partial charge in [0, 0.05) is 6.42 Å². The third kappa shape index (κ3) is 3.26. The van der Waals surface area contributed by atoms with Gasteiger partial charge in [-0.1, -0.05) is 56.3 Å². The summed E-state index contributed by atoms with van der Waals surface area (Å²) in [5.74, 6) is 0.187. The number of rotatable bonds is 4. The summed E-state index contributed by atoms with van der Waals surface area (Å²) in [5.41, 5.74) is 1.50. The number of aliphatic hydroxyl groups is 1. The zero-order valence-corrected chi connectivity index (χ0v) is 12.2. The molecule has 1 atom stereocenters. The fraction of sp³-hybridized carbons (Fsp3) is 0.333. The smallest absolute Gasteiger partial charge is 0.126 e. The van der Waals surface area contributed by atoms with Gasteiger partial charge in [-0.05, 0) is 35.6 Å². The molecule has 2 heteroatoms. The first kappa shape index (κ1) is 14.7. The summed E-state index contributed by atoms with van der Waals surface area (Å²) in [6, 6.07) is 14.5. The van der Waals surface area contributed by atoms with Crippen molar-refractivity contribution in [1.29, 1.82) is 0 Å². The lowest BCUT2D eigenvalue weighted by atomic mass is 9.87. The predicted molar refractivity (Wildman–Crippen MR) is 80.2 cm³/mol. The van der Waals surface area contributed by atoms with Gasteiger partial charge in [-0.15, -0.1) is 0 Å². The van der Waals surface area contributed by atoms with E-state index in [1.807, 2.05) is 24.3 Å². The van der Waals surface area contributed by atoms with Crippen LogP contribution in [0.1, 0.15) is 43.4 Å². The van der Waals surface area contributed by atoms with Gasteiger partial charge >= 0.3 is 0 Å². The van der Waals surface area contributed by atoms with E-state index >= 15 is 0 Å². The summed E-state index contributed by atoms with van der Waals surface area (Å²) in [6.07, 6.45) is 0.265. The van der Waals surface area contributed by atoms with Gasteiger partial charge in [0.2, 0.25) is 0 Å². The van der Waals surface area contributed by atoms with E-state index < -0.39 is 5.60 Å². The number of halogens is 1. The van der Waals surface area contributed by atoms with Gasteiger partial charge in [0.15, 0.2) is 0 Å². The standard InChI is InChI=1S/C18H21FO/c1-13(2)14-8-10-16(11-9-14)18(3,20)12-15-6-4-5-7-17(15)19/h4-11,13,20H,12H2,1-3H3. The van der Waals surface area contributed by atoms with E-state index in [0.29, 0.717) is 11.5 Å². The third-order valence-corrected chi connectivity index (χ3v) is 3.69. The highest BCUT2D eigenvalue weighted by molar-refractivity contribution is 5.30. The highest BCUT2D eigenvalue weighted by Gasteiger charge is 2.24. The van der Waals surface area contributed by atoms with Crippen LogP contribution in [0.25, 0.3) is 0 Å². The summed E-state index contributed by atoms with van der Waals surface area (Å²) in [6.45, 7) is 5.99. The number of hydrogen-bond acceptors (Lipinski definition) is 1. The molecule has 0 spiro atoms. The lowest BCUT2D eigenvalue weighted by Gasteiger charge is -2.24. The Labute approximate surface area is 120 Å². The Balaban J connectivity index is 2.24. The van der Waals surface area contributed by atoms with Crippen molar-refractivity contribution < 1.29 is 9.50 Å². The molecule has 0 radical (unpaired) electrons. The molecule has 1 N–H and O–H groups in total. The number of hydrogen-bond donors (Lipinski definition) is 1. The lowest BCUT2D eigenvalue weighted by Crippen LogP contribution is -2.24. The van der Waals surface area contributed by atoms with Crippen LogP contribution in [0.4, 0.5) is 4.39 Å². The van der Waals surface area contributed by atoms with Crippen LogP contribution < -0.4 is 0 Å². The Morgan fingerprint density at radius 3 is 2.20 bits per heavy atom. The SMILES string of the molecule is CC(C)c1ccc(C(C)(O)Cc2ccccc2F)cc1. The van der Waals surface area contributed by atoms with Gasteiger partial charge in [0.05, 0.1) is 5.60 Å². The van der Waals surface area contributed by atoms with Gasteiger partial charge in [-0.2, -0.15) is 0 Å². The first-order valence-electron chi connectivity index (χ1n) is 6.96. The van der Waals surface area contributed by atoms with Crippen LogP contribution in [0.15, 0.2) is 48.5 Å². The van der Waals surface area contributed by atoms with Gasteiger partial charge in [-0.3, -0.25) is 0 Å². The largest absolute Gasteiger partial charge is 0.385 e. The van der Waals surface area contributed by atoms with Crippen molar-refractivity contribution >= 4 is 0 Å². The van der Waals surface area contributed by atoms with Gasteiger partial charge in [0.1, 0.15) is 5.82 Å². The Morgan fingerprint density at radius 1 is 1.05 bits per heavy atom. The quantitative estimate of drug-likeness (QED) is 0.874. The maximum Gasteiger partial charge on any atom is 0.126 e. The zero-order chi connectivity index (χ0) is 14.8. The molecule has 0 bridgehead atoms. The highest BCUT2D eigenvalue weighted by atomic mass is 19.1. The van der Waals surface area contributed by atoms with Crippen LogP contribution in [-0.2, 0) is 12.0 Å². The molecule has 2 rings (SSSR count). The fourth-order valence-electron chi connectivity index (χ4n) is 2.34. The van der Waals surface area contributed by atoms with Crippen molar-refractivity contribution in [2.45, 2.75) is 38.7 Å². The minimum absolute atomic E-state index is 0.265. The van der Waals surface area contributed by atoms with Crippen molar-refractivity contribution in [2.75, 3.05) is 0 Å². The van der Waals surface area contributed by atoms with Gasteiger partial charge in [-0.25, -0.2) is 4.39 Å². The molecule has 20 heavy (non-hydrogen) atoms. The molecule has 0 aliphatic rings. The molecule has 106 valence electrons. The monoisotopic (exact) mass is 272 g/mol. The van der Waals surface area contributed by atoms with Crippen LogP contribution in [-0.4, -0.2) is 5.11 Å². The molecule has 2 aromatic rings. The molecule has 0 aliphatic heterocycles. The molecular weight excluding hydrogens is 251 g/mol. The van der Waals surface area contributed by atoms with Crippen molar-refractivity contribution in [3.63, 3.8) is 0 Å². The molecule has 0 aromatic heterocycles. The van der Waals surface area contributed by atoms with Gasteiger partial charge in [0.25, 0.3) is 0 Å². The van der Waals surface area contributed by atoms with Gasteiger partial charge < -0.3 is 5.11 Å². The predicted octanol–water partition coefficient (Wildman–Crippen LogP) is 4.40. The van der Waals surface area contributed by atoms with E-state index in [1.54, 1.807) is 25.1 Å². The van der Waals surface area contributed by atoms with Crippen LogP contribution >= 0.6 is 0 Å². The Bertz CT molecular complexity index is 570. The molecule has 0 saturated heterocycles. The van der Waals surface area contributed by atoms with Crippen LogP contribution in [0.3, 0.4) is 0 Å². The molecule has 1 nitrogen and oxygen atoms in total. The number of benzene rings is 2. The van der Waals surface area contributed by atoms with E-state index in [0.717, 1.165) is 5.56 Å². The summed E-state index contributed by atoms with van der Waals surface area (Å²) in [4.78, 5) is 0. The molecule has 0 aliphatic carbocycles. The molecule has 1 unspecified atom stereocenters. The molecule has 0 heterocycles. The Morgan fingerprint density at radius 2 is 1.65 bits per heavy atom. The van der Waals surface area contributed by atoms with E-state index in [4.69, 9.17) is 0 Å². The summed E-state index contributed by atoms with van der Waals surface area (Å²) in [7, 11) is 0. The van der Waals surface area contributed by atoms with E-state index in [-0.39, 0.29) is 12.2 Å². The van der Waals surface area contributed by atoms with Crippen molar-refractivity contribution in [1.82, 2.24) is 0 Å². The second kappa shape index (κ2) is 5.76. The van der Waals surface area contributed by atoms with Crippen molar-refractivity contribution in [2.24, 2.45) is 0 Å². The molecule has 0 saturated carbocycles. The second-order valence-electron chi connectivity index (χ2n) is 5.82. The Hall–Kier alpha value is -1.67. The summed E-state index contributed by atoms with van der Waals surface area (Å²) in [5, 5.41) is 10.6. The third-order valence-electron chi connectivity index (χ3n) is 3.69. The van der Waals surface area contributed by atoms with Crippen molar-refractivity contribution in [3.05, 3.63) is 71.0 Å². The minimum atomic E-state index is -1.07. The molecule has 0 amide bonds.